The molecule has 1 unspecified atom stereocenters. The molecule has 0 aromatic heterocycles. The molecule has 1 atom stereocenters. The van der Waals surface area contributed by atoms with Crippen molar-refractivity contribution in [1.29, 1.82) is 0 Å². The number of halogens is 2. The molecule has 0 amide bonds. The quantitative estimate of drug-likeness (QED) is 0.895. The van der Waals surface area contributed by atoms with Crippen LogP contribution in [-0.2, 0) is 11.2 Å². The molecule has 1 aromatic rings. The van der Waals surface area contributed by atoms with Crippen LogP contribution in [0, 0.1) is 17.2 Å². The molecule has 1 fully saturated rings. The maximum atomic E-state index is 13.1. The van der Waals surface area contributed by atoms with Crippen molar-refractivity contribution < 1.29 is 14.3 Å². The highest BCUT2D eigenvalue weighted by atomic mass is 35.5. The average molecular weight is 257 g/mol. The second-order valence-electron chi connectivity index (χ2n) is 4.91. The number of rotatable bonds is 4. The van der Waals surface area contributed by atoms with E-state index in [0.29, 0.717) is 10.6 Å². The molecule has 0 radical (unpaired) electrons. The lowest BCUT2D eigenvalue weighted by molar-refractivity contribution is -0.149. The average Bonchev–Trinajstić information content (AvgIpc) is 3.06. The van der Waals surface area contributed by atoms with Crippen LogP contribution < -0.4 is 0 Å². The van der Waals surface area contributed by atoms with Gasteiger partial charge in [0.05, 0.1) is 5.41 Å². The lowest BCUT2D eigenvalue weighted by Crippen LogP contribution is -2.32. The molecule has 1 aliphatic carbocycles. The molecule has 1 N–H and O–H groups in total. The van der Waals surface area contributed by atoms with E-state index in [4.69, 9.17) is 11.6 Å². The highest BCUT2D eigenvalue weighted by molar-refractivity contribution is 6.31. The summed E-state index contributed by atoms with van der Waals surface area (Å²) in [5.74, 6) is -1.03. The van der Waals surface area contributed by atoms with Crippen LogP contribution in [0.15, 0.2) is 18.2 Å². The van der Waals surface area contributed by atoms with Crippen molar-refractivity contribution in [3.8, 4) is 0 Å². The molecule has 2 nitrogen and oxygen atoms in total. The normalized spacial score (nSPS) is 18.8. The van der Waals surface area contributed by atoms with Gasteiger partial charge in [0.1, 0.15) is 5.82 Å². The largest absolute Gasteiger partial charge is 0.481 e. The lowest BCUT2D eigenvalue weighted by atomic mass is 9.79. The van der Waals surface area contributed by atoms with Gasteiger partial charge in [-0.05, 0) is 55.9 Å². The zero-order chi connectivity index (χ0) is 12.6. The Morgan fingerprint density at radius 3 is 2.76 bits per heavy atom. The Hall–Kier alpha value is -1.09. The maximum Gasteiger partial charge on any atom is 0.309 e. The molecule has 2 rings (SSSR count). The van der Waals surface area contributed by atoms with Crippen LogP contribution >= 0.6 is 11.6 Å². The summed E-state index contributed by atoms with van der Waals surface area (Å²) >= 11 is 5.97. The number of aliphatic carboxylic acids is 1. The van der Waals surface area contributed by atoms with Gasteiger partial charge < -0.3 is 5.11 Å². The van der Waals surface area contributed by atoms with E-state index in [1.54, 1.807) is 6.92 Å². The number of carbonyl (C=O) groups is 1. The Morgan fingerprint density at radius 2 is 2.24 bits per heavy atom. The van der Waals surface area contributed by atoms with Crippen LogP contribution in [0.3, 0.4) is 0 Å². The predicted octanol–water partition coefficient (Wildman–Crippen LogP) is 3.52. The Labute approximate surface area is 104 Å². The van der Waals surface area contributed by atoms with Crippen LogP contribution in [-0.4, -0.2) is 11.1 Å². The molecule has 0 heterocycles. The van der Waals surface area contributed by atoms with Gasteiger partial charge in [0, 0.05) is 5.02 Å². The fourth-order valence-electron chi connectivity index (χ4n) is 2.19. The van der Waals surface area contributed by atoms with Gasteiger partial charge >= 0.3 is 5.97 Å². The number of benzene rings is 1. The summed E-state index contributed by atoms with van der Waals surface area (Å²) in [6, 6.07) is 4.08. The van der Waals surface area contributed by atoms with Crippen molar-refractivity contribution in [2.24, 2.45) is 11.3 Å². The summed E-state index contributed by atoms with van der Waals surface area (Å²) in [5.41, 5.74) is -0.263. The minimum Gasteiger partial charge on any atom is -0.481 e. The smallest absolute Gasteiger partial charge is 0.309 e. The molecule has 1 aromatic carbocycles. The summed E-state index contributed by atoms with van der Waals surface area (Å²) in [4.78, 5) is 11.4. The standard InChI is InChI=1S/C13H14ClFO2/c1-13(12(16)17,9-2-3-9)7-8-6-10(15)4-5-11(8)14/h4-6,9H,2-3,7H2,1H3,(H,16,17). The van der Waals surface area contributed by atoms with Crippen molar-refractivity contribution in [3.63, 3.8) is 0 Å². The second kappa shape index (κ2) is 4.30. The van der Waals surface area contributed by atoms with Crippen molar-refractivity contribution in [2.45, 2.75) is 26.2 Å². The third kappa shape index (κ3) is 2.44. The van der Waals surface area contributed by atoms with Gasteiger partial charge in [0.25, 0.3) is 0 Å². The van der Waals surface area contributed by atoms with Crippen LogP contribution in [0.1, 0.15) is 25.3 Å². The summed E-state index contributed by atoms with van der Waals surface area (Å²) in [6.07, 6.45) is 2.13. The van der Waals surface area contributed by atoms with Crippen LogP contribution in [0.4, 0.5) is 4.39 Å². The highest BCUT2D eigenvalue weighted by Gasteiger charge is 2.47. The van der Waals surface area contributed by atoms with E-state index < -0.39 is 11.4 Å². The zero-order valence-corrected chi connectivity index (χ0v) is 10.3. The molecule has 0 spiro atoms. The molecule has 4 heteroatoms. The van der Waals surface area contributed by atoms with E-state index in [9.17, 15) is 14.3 Å². The molecule has 0 saturated heterocycles. The summed E-state index contributed by atoms with van der Waals surface area (Å²) in [7, 11) is 0. The SMILES string of the molecule is CC(Cc1cc(F)ccc1Cl)(C(=O)O)C1CC1. The first-order valence-electron chi connectivity index (χ1n) is 5.61. The van der Waals surface area contributed by atoms with E-state index in [1.807, 2.05) is 0 Å². The first-order chi connectivity index (χ1) is 7.93. The number of carboxylic acids is 1. The van der Waals surface area contributed by atoms with Crippen LogP contribution in [0.2, 0.25) is 5.02 Å². The molecular formula is C13H14ClFO2. The summed E-state index contributed by atoms with van der Waals surface area (Å²) in [6.45, 7) is 1.72. The third-order valence-electron chi connectivity index (χ3n) is 3.53. The summed E-state index contributed by atoms with van der Waals surface area (Å²) in [5, 5.41) is 9.76. The van der Waals surface area contributed by atoms with Gasteiger partial charge in [-0.1, -0.05) is 11.6 Å². The predicted molar refractivity (Wildman–Crippen MR) is 63.6 cm³/mol. The molecule has 92 valence electrons. The maximum absolute atomic E-state index is 13.1. The number of hydrogen-bond acceptors (Lipinski definition) is 1. The fraction of sp³-hybridized carbons (Fsp3) is 0.462. The monoisotopic (exact) mass is 256 g/mol. The molecule has 17 heavy (non-hydrogen) atoms. The van der Waals surface area contributed by atoms with Gasteiger partial charge in [-0.25, -0.2) is 4.39 Å². The van der Waals surface area contributed by atoms with E-state index in [2.05, 4.69) is 0 Å². The number of hydrogen-bond donors (Lipinski definition) is 1. The second-order valence-corrected chi connectivity index (χ2v) is 5.32. The van der Waals surface area contributed by atoms with Gasteiger partial charge in [-0.15, -0.1) is 0 Å². The van der Waals surface area contributed by atoms with E-state index in [1.165, 1.54) is 18.2 Å². The van der Waals surface area contributed by atoms with Crippen LogP contribution in [0.5, 0.6) is 0 Å². The Balaban J connectivity index is 2.29. The van der Waals surface area contributed by atoms with E-state index in [0.717, 1.165) is 12.8 Å². The third-order valence-corrected chi connectivity index (χ3v) is 3.90. The highest BCUT2D eigenvalue weighted by Crippen LogP contribution is 2.48. The minimum atomic E-state index is -0.836. The lowest BCUT2D eigenvalue weighted by Gasteiger charge is -2.25. The summed E-state index contributed by atoms with van der Waals surface area (Å²) < 4.78 is 13.1. The fourth-order valence-corrected chi connectivity index (χ4v) is 2.37. The minimum absolute atomic E-state index is 0.180. The van der Waals surface area contributed by atoms with Gasteiger partial charge in [0.2, 0.25) is 0 Å². The Bertz CT molecular complexity index is 457. The van der Waals surface area contributed by atoms with Crippen molar-refractivity contribution in [3.05, 3.63) is 34.6 Å². The first kappa shape index (κ1) is 12.4. The molecular weight excluding hydrogens is 243 g/mol. The number of carboxylic acid groups (broad SMARTS) is 1. The molecule has 0 aliphatic heterocycles. The Morgan fingerprint density at radius 1 is 1.59 bits per heavy atom. The van der Waals surface area contributed by atoms with Crippen LogP contribution in [0.25, 0.3) is 0 Å². The van der Waals surface area contributed by atoms with Crippen molar-refractivity contribution >= 4 is 17.6 Å². The van der Waals surface area contributed by atoms with Crippen molar-refractivity contribution in [1.82, 2.24) is 0 Å². The molecule has 1 saturated carbocycles. The molecule has 1 aliphatic rings. The van der Waals surface area contributed by atoms with Crippen molar-refractivity contribution in [2.75, 3.05) is 0 Å². The van der Waals surface area contributed by atoms with E-state index in [-0.39, 0.29) is 18.2 Å². The first-order valence-corrected chi connectivity index (χ1v) is 5.98. The molecule has 0 bridgehead atoms. The Kier molecular flexibility index (Phi) is 3.13. The van der Waals surface area contributed by atoms with Gasteiger partial charge in [-0.3, -0.25) is 4.79 Å². The van der Waals surface area contributed by atoms with E-state index >= 15 is 0 Å². The topological polar surface area (TPSA) is 37.3 Å². The van der Waals surface area contributed by atoms with Gasteiger partial charge in [-0.2, -0.15) is 0 Å². The zero-order valence-electron chi connectivity index (χ0n) is 9.54. The van der Waals surface area contributed by atoms with Gasteiger partial charge in [0.15, 0.2) is 0 Å².